The number of rotatable bonds is 7. The summed E-state index contributed by atoms with van der Waals surface area (Å²) < 4.78 is 0. The number of carbonyl (C=O) groups excluding carboxylic acids is 3. The van der Waals surface area contributed by atoms with E-state index in [0.29, 0.717) is 30.1 Å². The molecular formula is C26H38N2O3. The second kappa shape index (κ2) is 12.6. The zero-order chi connectivity index (χ0) is 21.9. The fourth-order valence-corrected chi connectivity index (χ4v) is 4.78. The minimum atomic E-state index is -0.194. The highest BCUT2D eigenvalue weighted by molar-refractivity contribution is 6.21. The molecule has 5 nitrogen and oxygen atoms in total. The molecule has 1 aromatic rings. The maximum absolute atomic E-state index is 12.4. The summed E-state index contributed by atoms with van der Waals surface area (Å²) in [6.07, 6.45) is 16.8. The van der Waals surface area contributed by atoms with Crippen LogP contribution in [0.2, 0.25) is 0 Å². The first kappa shape index (κ1) is 23.5. The summed E-state index contributed by atoms with van der Waals surface area (Å²) in [5.41, 5.74) is 1.01. The van der Waals surface area contributed by atoms with Crippen molar-refractivity contribution in [2.45, 2.75) is 102 Å². The number of amides is 3. The van der Waals surface area contributed by atoms with Crippen LogP contribution in [-0.2, 0) is 4.79 Å². The van der Waals surface area contributed by atoms with Crippen LogP contribution in [0.1, 0.15) is 117 Å². The number of carbonyl (C=O) groups is 3. The van der Waals surface area contributed by atoms with Gasteiger partial charge in [0.15, 0.2) is 0 Å². The molecule has 5 heteroatoms. The zero-order valence-corrected chi connectivity index (χ0v) is 18.9. The molecule has 3 amide bonds. The van der Waals surface area contributed by atoms with Gasteiger partial charge in [-0.2, -0.15) is 0 Å². The van der Waals surface area contributed by atoms with Crippen molar-refractivity contribution in [1.82, 2.24) is 10.2 Å². The van der Waals surface area contributed by atoms with Gasteiger partial charge < -0.3 is 5.32 Å². The van der Waals surface area contributed by atoms with Gasteiger partial charge in [0, 0.05) is 19.0 Å². The van der Waals surface area contributed by atoms with E-state index in [4.69, 9.17) is 0 Å². The van der Waals surface area contributed by atoms with Gasteiger partial charge in [0.1, 0.15) is 0 Å². The van der Waals surface area contributed by atoms with Crippen LogP contribution in [0, 0.1) is 0 Å². The molecule has 0 aromatic heterocycles. The summed E-state index contributed by atoms with van der Waals surface area (Å²) >= 11 is 0. The number of imide groups is 1. The SMILES string of the molecule is O=C(CCCCCN1C(=O)c2ccccc2C1=O)NC1CCCCCCCCCCC1. The van der Waals surface area contributed by atoms with E-state index in [1.807, 2.05) is 0 Å². The first-order chi connectivity index (χ1) is 15.2. The number of nitrogens with one attached hydrogen (secondary N) is 1. The Hall–Kier alpha value is -2.17. The number of hydrogen-bond acceptors (Lipinski definition) is 3. The van der Waals surface area contributed by atoms with Crippen LogP contribution in [0.3, 0.4) is 0 Å². The highest BCUT2D eigenvalue weighted by atomic mass is 16.2. The highest BCUT2D eigenvalue weighted by Crippen LogP contribution is 2.23. The molecule has 2 aliphatic rings. The Balaban J connectivity index is 1.32. The van der Waals surface area contributed by atoms with Crippen LogP contribution in [0.4, 0.5) is 0 Å². The van der Waals surface area contributed by atoms with Crippen LogP contribution in [0.25, 0.3) is 0 Å². The molecule has 0 bridgehead atoms. The third kappa shape index (κ3) is 7.19. The van der Waals surface area contributed by atoms with Gasteiger partial charge in [-0.25, -0.2) is 0 Å². The maximum atomic E-state index is 12.4. The molecule has 3 rings (SSSR count). The van der Waals surface area contributed by atoms with E-state index in [-0.39, 0.29) is 17.7 Å². The molecule has 170 valence electrons. The Kier molecular flexibility index (Phi) is 9.57. The van der Waals surface area contributed by atoms with Crippen molar-refractivity contribution in [3.63, 3.8) is 0 Å². The molecule has 1 heterocycles. The van der Waals surface area contributed by atoms with E-state index < -0.39 is 0 Å². The van der Waals surface area contributed by atoms with Crippen LogP contribution < -0.4 is 5.32 Å². The first-order valence-electron chi connectivity index (χ1n) is 12.4. The Labute approximate surface area is 187 Å². The second-order valence-corrected chi connectivity index (χ2v) is 9.14. The standard InChI is InChI=1S/C26H38N2O3/c29-24(27-21-15-9-6-4-2-1-3-5-7-10-16-21)19-11-8-14-20-28-25(30)22-17-12-13-18-23(22)26(28)31/h12-13,17-18,21H,1-11,14-16,19-20H2,(H,27,29). The predicted octanol–water partition coefficient (Wildman–Crippen LogP) is 5.63. The van der Waals surface area contributed by atoms with E-state index >= 15 is 0 Å². The minimum Gasteiger partial charge on any atom is -0.353 e. The number of hydrogen-bond donors (Lipinski definition) is 1. The topological polar surface area (TPSA) is 66.5 Å². The van der Waals surface area contributed by atoms with Crippen molar-refractivity contribution in [1.29, 1.82) is 0 Å². The van der Waals surface area contributed by atoms with Gasteiger partial charge in [0.2, 0.25) is 5.91 Å². The summed E-state index contributed by atoms with van der Waals surface area (Å²) in [5.74, 6) is -0.237. The largest absolute Gasteiger partial charge is 0.353 e. The van der Waals surface area contributed by atoms with E-state index in [9.17, 15) is 14.4 Å². The lowest BCUT2D eigenvalue weighted by Crippen LogP contribution is -2.34. The van der Waals surface area contributed by atoms with Gasteiger partial charge in [0.05, 0.1) is 11.1 Å². The van der Waals surface area contributed by atoms with E-state index in [0.717, 1.165) is 32.1 Å². The Morgan fingerprint density at radius 1 is 0.774 bits per heavy atom. The van der Waals surface area contributed by atoms with Gasteiger partial charge in [-0.1, -0.05) is 76.3 Å². The van der Waals surface area contributed by atoms with Crippen molar-refractivity contribution < 1.29 is 14.4 Å². The minimum absolute atomic E-state index is 0.151. The molecule has 1 aliphatic carbocycles. The second-order valence-electron chi connectivity index (χ2n) is 9.14. The number of fused-ring (bicyclic) bond motifs is 1. The molecule has 1 aliphatic heterocycles. The van der Waals surface area contributed by atoms with Crippen molar-refractivity contribution in [3.8, 4) is 0 Å². The molecule has 0 saturated heterocycles. The van der Waals surface area contributed by atoms with E-state index in [1.54, 1.807) is 24.3 Å². The molecule has 0 unspecified atom stereocenters. The highest BCUT2D eigenvalue weighted by Gasteiger charge is 2.34. The summed E-state index contributed by atoms with van der Waals surface area (Å²) in [5, 5.41) is 3.27. The van der Waals surface area contributed by atoms with Crippen molar-refractivity contribution in [2.75, 3.05) is 6.54 Å². The number of nitrogens with zero attached hydrogens (tertiary/aromatic N) is 1. The maximum Gasteiger partial charge on any atom is 0.261 e. The molecule has 0 atom stereocenters. The lowest BCUT2D eigenvalue weighted by Gasteiger charge is -2.19. The average molecular weight is 427 g/mol. The molecule has 1 fully saturated rings. The summed E-state index contributed by atoms with van der Waals surface area (Å²) in [7, 11) is 0. The van der Waals surface area contributed by atoms with Crippen LogP contribution in [0.15, 0.2) is 24.3 Å². The van der Waals surface area contributed by atoms with Gasteiger partial charge in [0.25, 0.3) is 11.8 Å². The van der Waals surface area contributed by atoms with E-state index in [1.165, 1.54) is 62.7 Å². The third-order valence-corrected chi connectivity index (χ3v) is 6.63. The van der Waals surface area contributed by atoms with Crippen LogP contribution in [0.5, 0.6) is 0 Å². The normalized spacial score (nSPS) is 18.9. The molecule has 0 radical (unpaired) electrons. The Morgan fingerprint density at radius 3 is 1.84 bits per heavy atom. The van der Waals surface area contributed by atoms with Gasteiger partial charge in [-0.05, 0) is 37.8 Å². The molecule has 31 heavy (non-hydrogen) atoms. The number of benzene rings is 1. The number of unbranched alkanes of at least 4 members (excludes halogenated alkanes) is 2. The summed E-state index contributed by atoms with van der Waals surface area (Å²) in [4.78, 5) is 38.5. The molecule has 1 N–H and O–H groups in total. The van der Waals surface area contributed by atoms with Crippen LogP contribution in [-0.4, -0.2) is 35.2 Å². The molecule has 0 spiro atoms. The van der Waals surface area contributed by atoms with Crippen molar-refractivity contribution >= 4 is 17.7 Å². The van der Waals surface area contributed by atoms with Gasteiger partial charge in [-0.15, -0.1) is 0 Å². The fraction of sp³-hybridized carbons (Fsp3) is 0.654. The van der Waals surface area contributed by atoms with E-state index in [2.05, 4.69) is 5.32 Å². The summed E-state index contributed by atoms with van der Waals surface area (Å²) in [6, 6.07) is 7.32. The molecule has 1 saturated carbocycles. The fourth-order valence-electron chi connectivity index (χ4n) is 4.78. The van der Waals surface area contributed by atoms with Gasteiger partial charge >= 0.3 is 0 Å². The summed E-state index contributed by atoms with van der Waals surface area (Å²) in [6.45, 7) is 0.427. The third-order valence-electron chi connectivity index (χ3n) is 6.63. The predicted molar refractivity (Wildman–Crippen MR) is 123 cm³/mol. The molecule has 1 aromatic carbocycles. The van der Waals surface area contributed by atoms with Crippen LogP contribution >= 0.6 is 0 Å². The quantitative estimate of drug-likeness (QED) is 0.454. The Morgan fingerprint density at radius 2 is 1.29 bits per heavy atom. The van der Waals surface area contributed by atoms with Crippen molar-refractivity contribution in [3.05, 3.63) is 35.4 Å². The smallest absolute Gasteiger partial charge is 0.261 e. The Bertz CT molecular complexity index is 699. The van der Waals surface area contributed by atoms with Gasteiger partial charge in [-0.3, -0.25) is 19.3 Å². The zero-order valence-electron chi connectivity index (χ0n) is 18.9. The van der Waals surface area contributed by atoms with Crippen molar-refractivity contribution in [2.24, 2.45) is 0 Å². The lowest BCUT2D eigenvalue weighted by atomic mass is 9.98. The lowest BCUT2D eigenvalue weighted by molar-refractivity contribution is -0.122. The monoisotopic (exact) mass is 426 g/mol. The first-order valence-corrected chi connectivity index (χ1v) is 12.4. The average Bonchev–Trinajstić information content (AvgIpc) is 3.00. The molecular weight excluding hydrogens is 388 g/mol.